The molecule has 5 nitrogen and oxygen atoms in total. The number of ether oxygens (including phenoxy) is 1. The predicted molar refractivity (Wildman–Crippen MR) is 131 cm³/mol. The SMILES string of the molecule is O=C(NC1C[N+]2(CC(=O)c3ccccc3)CCC1CC2)OC(c1ccc(F)cc1)c1ccc(F)cc1.[Cl-]. The predicted octanol–water partition coefficient (Wildman–Crippen LogP) is 2.28. The van der Waals surface area contributed by atoms with E-state index >= 15 is 0 Å². The number of halogens is 3. The van der Waals surface area contributed by atoms with Crippen molar-refractivity contribution in [1.29, 1.82) is 0 Å². The van der Waals surface area contributed by atoms with Gasteiger partial charge in [-0.1, -0.05) is 54.6 Å². The molecule has 0 radical (unpaired) electrons. The van der Waals surface area contributed by atoms with Crippen LogP contribution < -0.4 is 17.7 Å². The van der Waals surface area contributed by atoms with Gasteiger partial charge < -0.3 is 26.9 Å². The first-order valence-electron chi connectivity index (χ1n) is 12.3. The normalized spacial score (nSPS) is 22.2. The molecule has 3 aliphatic heterocycles. The topological polar surface area (TPSA) is 55.4 Å². The van der Waals surface area contributed by atoms with Crippen LogP contribution >= 0.6 is 0 Å². The second-order valence-corrected chi connectivity index (χ2v) is 9.90. The number of carbonyl (C=O) groups excluding carboxylic acids is 2. The number of rotatable bonds is 7. The highest BCUT2D eigenvalue weighted by Gasteiger charge is 2.47. The lowest BCUT2D eigenvalue weighted by Crippen LogP contribution is -3.00. The molecule has 194 valence electrons. The summed E-state index contributed by atoms with van der Waals surface area (Å²) in [5, 5.41) is 3.04. The van der Waals surface area contributed by atoms with Gasteiger partial charge in [0.15, 0.2) is 6.10 Å². The molecule has 3 fully saturated rings. The quantitative estimate of drug-likeness (QED) is 0.380. The molecule has 1 unspecified atom stereocenters. The molecule has 0 spiro atoms. The van der Waals surface area contributed by atoms with E-state index in [1.165, 1.54) is 24.3 Å². The van der Waals surface area contributed by atoms with E-state index in [9.17, 15) is 18.4 Å². The average molecular weight is 527 g/mol. The Bertz CT molecular complexity index is 1170. The van der Waals surface area contributed by atoms with Crippen LogP contribution in [0.5, 0.6) is 0 Å². The number of ketones is 1. The second-order valence-electron chi connectivity index (χ2n) is 9.90. The average Bonchev–Trinajstić information content (AvgIpc) is 2.89. The standard InChI is InChI=1S/C29H28F2N2O3.ClH/c30-24-10-6-22(7-11-24)28(23-8-12-25(31)13-9-23)36-29(35)32-26-18-33(16-14-20(26)15-17-33)19-27(34)21-4-2-1-3-5-21;/h1-13,20,26,28H,14-19H2;1H. The van der Waals surface area contributed by atoms with Crippen molar-refractivity contribution in [3.05, 3.63) is 107 Å². The molecule has 3 aromatic rings. The molecule has 3 aromatic carbocycles. The monoisotopic (exact) mass is 526 g/mol. The van der Waals surface area contributed by atoms with Crippen molar-refractivity contribution in [2.45, 2.75) is 25.0 Å². The Morgan fingerprint density at radius 1 is 0.865 bits per heavy atom. The van der Waals surface area contributed by atoms with Gasteiger partial charge in [-0.2, -0.15) is 0 Å². The first-order chi connectivity index (χ1) is 17.4. The Hall–Kier alpha value is -3.29. The van der Waals surface area contributed by atoms with E-state index in [1.54, 1.807) is 24.3 Å². The van der Waals surface area contributed by atoms with Crippen LogP contribution in [0.25, 0.3) is 0 Å². The number of Topliss-reactive ketones (excluding diaryl/α,β-unsaturated/α-hetero) is 1. The molecule has 0 aromatic heterocycles. The van der Waals surface area contributed by atoms with Crippen molar-refractivity contribution >= 4 is 11.9 Å². The number of alkyl carbamates (subject to hydrolysis) is 1. The van der Waals surface area contributed by atoms with Crippen molar-refractivity contribution in [2.75, 3.05) is 26.2 Å². The summed E-state index contributed by atoms with van der Waals surface area (Å²) in [7, 11) is 0. The Kier molecular flexibility index (Phi) is 8.25. The molecule has 6 rings (SSSR count). The van der Waals surface area contributed by atoms with Gasteiger partial charge >= 0.3 is 6.09 Å². The molecule has 2 bridgehead atoms. The molecular weight excluding hydrogens is 498 g/mol. The fraction of sp³-hybridized carbons (Fsp3) is 0.310. The summed E-state index contributed by atoms with van der Waals surface area (Å²) in [5.74, 6) is -0.343. The molecule has 3 saturated heterocycles. The van der Waals surface area contributed by atoms with Gasteiger partial charge in [0.25, 0.3) is 0 Å². The number of amides is 1. The molecular formula is C29H29ClF2N2O3. The van der Waals surface area contributed by atoms with E-state index in [0.717, 1.165) is 25.9 Å². The highest BCUT2D eigenvalue weighted by Crippen LogP contribution is 2.35. The van der Waals surface area contributed by atoms with Gasteiger partial charge in [0.05, 0.1) is 25.7 Å². The van der Waals surface area contributed by atoms with Crippen molar-refractivity contribution in [3.8, 4) is 0 Å². The lowest BCUT2D eigenvalue weighted by Gasteiger charge is -2.52. The molecule has 3 aliphatic rings. The highest BCUT2D eigenvalue weighted by molar-refractivity contribution is 5.96. The van der Waals surface area contributed by atoms with Crippen molar-refractivity contribution < 1.29 is 40.0 Å². The number of piperidine rings is 3. The summed E-state index contributed by atoms with van der Waals surface area (Å²) in [4.78, 5) is 26.0. The third kappa shape index (κ3) is 6.17. The first kappa shape index (κ1) is 26.8. The van der Waals surface area contributed by atoms with Crippen LogP contribution in [-0.2, 0) is 4.74 Å². The minimum Gasteiger partial charge on any atom is -1.00 e. The second kappa shape index (κ2) is 11.4. The molecule has 37 heavy (non-hydrogen) atoms. The van der Waals surface area contributed by atoms with Crippen molar-refractivity contribution in [3.63, 3.8) is 0 Å². The minimum atomic E-state index is -0.810. The number of nitrogens with one attached hydrogen (secondary N) is 1. The molecule has 8 heteroatoms. The van der Waals surface area contributed by atoms with E-state index in [-0.39, 0.29) is 24.2 Å². The van der Waals surface area contributed by atoms with Gasteiger partial charge in [-0.05, 0) is 41.3 Å². The fourth-order valence-corrected chi connectivity index (χ4v) is 5.59. The summed E-state index contributed by atoms with van der Waals surface area (Å²) >= 11 is 0. The largest absolute Gasteiger partial charge is 1.00 e. The number of fused-ring (bicyclic) bond motifs is 3. The van der Waals surface area contributed by atoms with E-state index < -0.39 is 23.8 Å². The van der Waals surface area contributed by atoms with Gasteiger partial charge in [-0.15, -0.1) is 0 Å². The number of hydrogen-bond acceptors (Lipinski definition) is 3. The minimum absolute atomic E-state index is 0. The van der Waals surface area contributed by atoms with Crippen LogP contribution in [0.1, 0.15) is 40.4 Å². The van der Waals surface area contributed by atoms with E-state index in [1.807, 2.05) is 30.3 Å². The summed E-state index contributed by atoms with van der Waals surface area (Å²) in [6.07, 6.45) is 0.480. The van der Waals surface area contributed by atoms with Crippen LogP contribution in [0.15, 0.2) is 78.9 Å². The summed E-state index contributed by atoms with van der Waals surface area (Å²) in [6.45, 7) is 2.93. The van der Waals surface area contributed by atoms with Crippen LogP contribution in [-0.4, -0.2) is 48.6 Å². The fourth-order valence-electron chi connectivity index (χ4n) is 5.59. The maximum atomic E-state index is 13.5. The Morgan fingerprint density at radius 3 is 1.95 bits per heavy atom. The number of nitrogens with zero attached hydrogens (tertiary/aromatic N) is 1. The van der Waals surface area contributed by atoms with Gasteiger partial charge in [-0.25, -0.2) is 13.6 Å². The maximum Gasteiger partial charge on any atom is 0.408 e. The smallest absolute Gasteiger partial charge is 0.408 e. The summed E-state index contributed by atoms with van der Waals surface area (Å²) < 4.78 is 33.5. The molecule has 1 atom stereocenters. The number of benzene rings is 3. The molecule has 3 heterocycles. The zero-order chi connectivity index (χ0) is 25.1. The Labute approximate surface area is 221 Å². The lowest BCUT2D eigenvalue weighted by molar-refractivity contribution is -0.936. The zero-order valence-electron chi connectivity index (χ0n) is 20.3. The number of hydrogen-bond donors (Lipinski definition) is 1. The molecule has 0 aliphatic carbocycles. The van der Waals surface area contributed by atoms with Crippen LogP contribution in [0, 0.1) is 17.6 Å². The Balaban J connectivity index is 0.00000320. The van der Waals surface area contributed by atoms with Crippen molar-refractivity contribution in [2.24, 2.45) is 5.92 Å². The summed E-state index contributed by atoms with van der Waals surface area (Å²) in [5.41, 5.74) is 1.89. The number of quaternary nitrogens is 1. The third-order valence-corrected chi connectivity index (χ3v) is 7.55. The van der Waals surface area contributed by atoms with Crippen LogP contribution in [0.2, 0.25) is 0 Å². The zero-order valence-corrected chi connectivity index (χ0v) is 21.0. The first-order valence-corrected chi connectivity index (χ1v) is 12.3. The maximum absolute atomic E-state index is 13.5. The Morgan fingerprint density at radius 2 is 1.41 bits per heavy atom. The van der Waals surface area contributed by atoms with E-state index in [4.69, 9.17) is 4.74 Å². The van der Waals surface area contributed by atoms with Gasteiger partial charge in [0.2, 0.25) is 5.78 Å². The lowest BCUT2D eigenvalue weighted by atomic mass is 9.81. The van der Waals surface area contributed by atoms with Crippen molar-refractivity contribution in [1.82, 2.24) is 5.32 Å². The number of carbonyl (C=O) groups is 2. The van der Waals surface area contributed by atoms with E-state index in [0.29, 0.717) is 40.2 Å². The molecule has 0 saturated carbocycles. The van der Waals surface area contributed by atoms with Gasteiger partial charge in [-0.3, -0.25) is 4.79 Å². The summed E-state index contributed by atoms with van der Waals surface area (Å²) in [6, 6.07) is 20.7. The molecule has 1 amide bonds. The highest BCUT2D eigenvalue weighted by atomic mass is 35.5. The van der Waals surface area contributed by atoms with Crippen LogP contribution in [0.3, 0.4) is 0 Å². The van der Waals surface area contributed by atoms with E-state index in [2.05, 4.69) is 5.32 Å². The van der Waals surface area contributed by atoms with Crippen LogP contribution in [0.4, 0.5) is 13.6 Å². The molecule has 1 N–H and O–H groups in total. The van der Waals surface area contributed by atoms with Gasteiger partial charge in [0, 0.05) is 18.4 Å². The van der Waals surface area contributed by atoms with Gasteiger partial charge in [0.1, 0.15) is 18.2 Å². The third-order valence-electron chi connectivity index (χ3n) is 7.55.